The molecular weight excluding hydrogens is 557 g/mol. The number of sulfonamides is 1. The molecule has 0 spiro atoms. The van der Waals surface area contributed by atoms with Gasteiger partial charge in [0.2, 0.25) is 21.8 Å². The smallest absolute Gasteiger partial charge is 0.244 e. The van der Waals surface area contributed by atoms with Crippen LogP contribution >= 0.6 is 23.2 Å². The van der Waals surface area contributed by atoms with Gasteiger partial charge < -0.3 is 10.2 Å². The number of halogens is 2. The summed E-state index contributed by atoms with van der Waals surface area (Å²) in [5.41, 5.74) is 0.996. The number of rotatable bonds is 9. The molecule has 1 aliphatic rings. The summed E-state index contributed by atoms with van der Waals surface area (Å²) >= 11 is 12.5. The molecular formula is C29H33Cl2N3O4S. The van der Waals surface area contributed by atoms with Crippen LogP contribution in [0, 0.1) is 0 Å². The van der Waals surface area contributed by atoms with Crippen LogP contribution in [0.2, 0.25) is 10.0 Å². The van der Waals surface area contributed by atoms with Gasteiger partial charge in [0.05, 0.1) is 11.9 Å². The number of nitrogens with one attached hydrogen (secondary N) is 1. The lowest BCUT2D eigenvalue weighted by molar-refractivity contribution is -0.139. The van der Waals surface area contributed by atoms with Gasteiger partial charge in [-0.3, -0.25) is 13.9 Å². The Morgan fingerprint density at radius 3 is 2.38 bits per heavy atom. The van der Waals surface area contributed by atoms with Crippen LogP contribution in [0.3, 0.4) is 0 Å². The highest BCUT2D eigenvalue weighted by atomic mass is 35.5. The number of hydrogen-bond donors (Lipinski definition) is 1. The van der Waals surface area contributed by atoms with Gasteiger partial charge in [-0.25, -0.2) is 8.42 Å². The lowest BCUT2D eigenvalue weighted by Gasteiger charge is -2.33. The van der Waals surface area contributed by atoms with Crippen LogP contribution in [0.1, 0.15) is 44.6 Å². The summed E-state index contributed by atoms with van der Waals surface area (Å²) in [6.45, 7) is 1.20. The predicted octanol–water partition coefficient (Wildman–Crippen LogP) is 5.78. The second-order valence-corrected chi connectivity index (χ2v) is 12.8. The van der Waals surface area contributed by atoms with E-state index in [9.17, 15) is 18.0 Å². The van der Waals surface area contributed by atoms with Crippen molar-refractivity contribution < 1.29 is 18.0 Å². The summed E-state index contributed by atoms with van der Waals surface area (Å²) in [6, 6.07) is 16.8. The van der Waals surface area contributed by atoms with Crippen LogP contribution < -0.4 is 9.62 Å². The molecule has 7 nitrogen and oxygen atoms in total. The van der Waals surface area contributed by atoms with E-state index in [1.807, 2.05) is 30.3 Å². The minimum absolute atomic E-state index is 0.0151. The van der Waals surface area contributed by atoms with Crippen LogP contribution in [-0.4, -0.2) is 50.0 Å². The third-order valence-electron chi connectivity index (χ3n) is 7.19. The normalized spacial score (nSPS) is 15.1. The second-order valence-electron chi connectivity index (χ2n) is 10.0. The first kappa shape index (κ1) is 29.2. The van der Waals surface area contributed by atoms with E-state index in [2.05, 4.69) is 5.32 Å². The van der Waals surface area contributed by atoms with E-state index in [0.29, 0.717) is 26.7 Å². The Balaban J connectivity index is 1.66. The van der Waals surface area contributed by atoms with Crippen LogP contribution in [0.15, 0.2) is 60.7 Å². The van der Waals surface area contributed by atoms with Crippen molar-refractivity contribution in [1.29, 1.82) is 0 Å². The van der Waals surface area contributed by atoms with Crippen molar-refractivity contribution in [2.75, 3.05) is 17.1 Å². The molecule has 3 aromatic carbocycles. The molecule has 0 unspecified atom stereocenters. The molecule has 1 aliphatic carbocycles. The fourth-order valence-corrected chi connectivity index (χ4v) is 6.34. The standard InChI is InChI=1S/C29H33Cl2N3O4S/c1-20(29(36)32-24-11-4-3-5-12-24)33(18-22-15-16-23(30)17-26(22)31)28(35)19-34(39(2,37)38)27-14-8-10-21-9-6-7-13-25(21)27/h6-10,13-17,20,24H,3-5,11-12,18-19H2,1-2H3,(H,32,36)/t20-/m0/s1. The van der Waals surface area contributed by atoms with Gasteiger partial charge >= 0.3 is 0 Å². The Bertz CT molecular complexity index is 1450. The van der Waals surface area contributed by atoms with Gasteiger partial charge in [0.15, 0.2) is 0 Å². The summed E-state index contributed by atoms with van der Waals surface area (Å²) in [4.78, 5) is 28.6. The molecule has 0 bridgehead atoms. The van der Waals surface area contributed by atoms with Gasteiger partial charge in [0, 0.05) is 28.0 Å². The highest BCUT2D eigenvalue weighted by Crippen LogP contribution is 2.29. The van der Waals surface area contributed by atoms with E-state index in [4.69, 9.17) is 23.2 Å². The molecule has 39 heavy (non-hydrogen) atoms. The average molecular weight is 591 g/mol. The third kappa shape index (κ3) is 7.24. The van der Waals surface area contributed by atoms with Crippen molar-refractivity contribution >= 4 is 61.5 Å². The van der Waals surface area contributed by atoms with Crippen molar-refractivity contribution in [3.63, 3.8) is 0 Å². The molecule has 4 rings (SSSR count). The molecule has 0 aliphatic heterocycles. The number of amides is 2. The zero-order chi connectivity index (χ0) is 28.2. The molecule has 1 N–H and O–H groups in total. The molecule has 2 amide bonds. The van der Waals surface area contributed by atoms with E-state index in [1.165, 1.54) is 4.90 Å². The molecule has 0 heterocycles. The first-order valence-corrected chi connectivity index (χ1v) is 15.6. The van der Waals surface area contributed by atoms with Gasteiger partial charge in [-0.05, 0) is 48.9 Å². The fourth-order valence-electron chi connectivity index (χ4n) is 5.01. The quantitative estimate of drug-likeness (QED) is 0.343. The summed E-state index contributed by atoms with van der Waals surface area (Å²) in [6.07, 6.45) is 6.13. The van der Waals surface area contributed by atoms with Crippen molar-refractivity contribution in [1.82, 2.24) is 10.2 Å². The van der Waals surface area contributed by atoms with Crippen LogP contribution in [-0.2, 0) is 26.2 Å². The predicted molar refractivity (Wildman–Crippen MR) is 158 cm³/mol. The van der Waals surface area contributed by atoms with Gasteiger partial charge in [0.1, 0.15) is 12.6 Å². The Morgan fingerprint density at radius 1 is 1.00 bits per heavy atom. The molecule has 0 aromatic heterocycles. The number of anilines is 1. The number of fused-ring (bicyclic) bond motifs is 1. The Labute approximate surface area is 240 Å². The first-order valence-electron chi connectivity index (χ1n) is 13.0. The number of benzene rings is 3. The maximum absolute atomic E-state index is 13.9. The largest absolute Gasteiger partial charge is 0.352 e. The molecule has 3 aromatic rings. The minimum Gasteiger partial charge on any atom is -0.352 e. The Morgan fingerprint density at radius 2 is 1.69 bits per heavy atom. The summed E-state index contributed by atoms with van der Waals surface area (Å²) < 4.78 is 27.1. The molecule has 1 saturated carbocycles. The monoisotopic (exact) mass is 589 g/mol. The third-order valence-corrected chi connectivity index (χ3v) is 8.90. The Kier molecular flexibility index (Phi) is 9.41. The van der Waals surface area contributed by atoms with E-state index in [-0.39, 0.29) is 18.5 Å². The summed E-state index contributed by atoms with van der Waals surface area (Å²) in [5, 5.41) is 5.44. The first-order chi connectivity index (χ1) is 18.5. The van der Waals surface area contributed by atoms with Crippen molar-refractivity contribution in [2.24, 2.45) is 0 Å². The SMILES string of the molecule is C[C@@H](C(=O)NC1CCCCC1)N(Cc1ccc(Cl)cc1Cl)C(=O)CN(c1cccc2ccccc12)S(C)(=O)=O. The maximum Gasteiger partial charge on any atom is 0.244 e. The topological polar surface area (TPSA) is 86.8 Å². The summed E-state index contributed by atoms with van der Waals surface area (Å²) in [5.74, 6) is -0.804. The van der Waals surface area contributed by atoms with Gasteiger partial charge in [0.25, 0.3) is 0 Å². The highest BCUT2D eigenvalue weighted by Gasteiger charge is 2.32. The zero-order valence-corrected chi connectivity index (χ0v) is 24.4. The lowest BCUT2D eigenvalue weighted by Crippen LogP contribution is -2.53. The second kappa shape index (κ2) is 12.6. The van der Waals surface area contributed by atoms with E-state index in [0.717, 1.165) is 48.1 Å². The van der Waals surface area contributed by atoms with Crippen molar-refractivity contribution in [3.05, 3.63) is 76.3 Å². The number of carbonyl (C=O) groups excluding carboxylic acids is 2. The zero-order valence-electron chi connectivity index (χ0n) is 22.1. The molecule has 10 heteroatoms. The highest BCUT2D eigenvalue weighted by molar-refractivity contribution is 7.92. The fraction of sp³-hybridized carbons (Fsp3) is 0.379. The molecule has 1 fully saturated rings. The number of nitrogens with zero attached hydrogens (tertiary/aromatic N) is 2. The molecule has 0 radical (unpaired) electrons. The van der Waals surface area contributed by atoms with Crippen LogP contribution in [0.25, 0.3) is 10.8 Å². The molecule has 1 atom stereocenters. The molecule has 208 valence electrons. The average Bonchev–Trinajstić information content (AvgIpc) is 2.90. The van der Waals surface area contributed by atoms with Gasteiger partial charge in [-0.2, -0.15) is 0 Å². The van der Waals surface area contributed by atoms with Crippen LogP contribution in [0.4, 0.5) is 5.69 Å². The van der Waals surface area contributed by atoms with E-state index >= 15 is 0 Å². The van der Waals surface area contributed by atoms with Gasteiger partial charge in [-0.1, -0.05) is 84.9 Å². The van der Waals surface area contributed by atoms with E-state index < -0.39 is 28.5 Å². The van der Waals surface area contributed by atoms with Crippen molar-refractivity contribution in [2.45, 2.75) is 57.7 Å². The molecule has 0 saturated heterocycles. The lowest BCUT2D eigenvalue weighted by atomic mass is 9.95. The van der Waals surface area contributed by atoms with Crippen LogP contribution in [0.5, 0.6) is 0 Å². The number of carbonyl (C=O) groups is 2. The van der Waals surface area contributed by atoms with Gasteiger partial charge in [-0.15, -0.1) is 0 Å². The number of hydrogen-bond acceptors (Lipinski definition) is 4. The summed E-state index contributed by atoms with van der Waals surface area (Å²) in [7, 11) is -3.85. The van der Waals surface area contributed by atoms with E-state index in [1.54, 1.807) is 37.3 Å². The minimum atomic E-state index is -3.85. The van der Waals surface area contributed by atoms with Crippen molar-refractivity contribution in [3.8, 4) is 0 Å². The maximum atomic E-state index is 13.9. The Hall–Kier alpha value is -2.81.